The summed E-state index contributed by atoms with van der Waals surface area (Å²) in [5.74, 6) is 0.267. The molecule has 0 aliphatic carbocycles. The Morgan fingerprint density at radius 2 is 1.62 bits per heavy atom. The Hall–Kier alpha value is -3.90. The van der Waals surface area contributed by atoms with Crippen molar-refractivity contribution in [3.8, 4) is 28.5 Å². The first kappa shape index (κ1) is 20.0. The van der Waals surface area contributed by atoms with E-state index in [0.29, 0.717) is 11.1 Å². The molecule has 0 saturated heterocycles. The van der Waals surface area contributed by atoms with Gasteiger partial charge in [0.2, 0.25) is 5.69 Å². The van der Waals surface area contributed by atoms with Gasteiger partial charge in [0.15, 0.2) is 11.8 Å². The Labute approximate surface area is 188 Å². The van der Waals surface area contributed by atoms with Crippen molar-refractivity contribution in [3.05, 3.63) is 89.6 Å². The van der Waals surface area contributed by atoms with Crippen molar-refractivity contribution in [2.24, 2.45) is 7.05 Å². The molecule has 5 aromatic rings. The van der Waals surface area contributed by atoms with Crippen LogP contribution in [-0.2, 0) is 7.05 Å². The van der Waals surface area contributed by atoms with Crippen LogP contribution in [0.3, 0.4) is 0 Å². The second-order valence-electron chi connectivity index (χ2n) is 8.66. The van der Waals surface area contributed by atoms with Crippen LogP contribution >= 0.6 is 0 Å². The van der Waals surface area contributed by atoms with Gasteiger partial charge in [0, 0.05) is 28.5 Å². The van der Waals surface area contributed by atoms with Crippen LogP contribution in [0.5, 0.6) is 0 Å². The molecule has 0 atom stereocenters. The third kappa shape index (κ3) is 2.99. The second-order valence-corrected chi connectivity index (χ2v) is 8.66. The van der Waals surface area contributed by atoms with E-state index in [-0.39, 0.29) is 5.92 Å². The quantitative estimate of drug-likeness (QED) is 0.295. The van der Waals surface area contributed by atoms with E-state index in [0.717, 1.165) is 49.9 Å². The van der Waals surface area contributed by atoms with Crippen LogP contribution in [0, 0.1) is 18.3 Å². The molecule has 2 aromatic heterocycles. The number of aromatic nitrogens is 1. The van der Waals surface area contributed by atoms with Gasteiger partial charge in [-0.2, -0.15) is 5.26 Å². The van der Waals surface area contributed by atoms with Gasteiger partial charge in [-0.15, -0.1) is 0 Å². The average molecular weight is 418 g/mol. The predicted molar refractivity (Wildman–Crippen MR) is 129 cm³/mol. The van der Waals surface area contributed by atoms with E-state index in [2.05, 4.69) is 67.8 Å². The molecule has 3 nitrogen and oxygen atoms in total. The van der Waals surface area contributed by atoms with Gasteiger partial charge in [0.05, 0.1) is 5.56 Å². The average Bonchev–Trinajstić information content (AvgIpc) is 3.17. The van der Waals surface area contributed by atoms with Gasteiger partial charge in [0.1, 0.15) is 24.3 Å². The fraction of sp³-hybridized carbons (Fsp3) is 0.172. The lowest BCUT2D eigenvalue weighted by Gasteiger charge is -2.15. The lowest BCUT2D eigenvalue weighted by atomic mass is 9.87. The molecule has 0 bridgehead atoms. The molecule has 0 aliphatic heterocycles. The maximum absolute atomic E-state index is 10.3. The van der Waals surface area contributed by atoms with Gasteiger partial charge >= 0.3 is 0 Å². The zero-order chi connectivity index (χ0) is 22.4. The van der Waals surface area contributed by atoms with Crippen LogP contribution in [0.15, 0.2) is 77.3 Å². The molecule has 5 rings (SSSR count). The number of hydrogen-bond donors (Lipinski definition) is 0. The zero-order valence-corrected chi connectivity index (χ0v) is 18.8. The van der Waals surface area contributed by atoms with E-state index >= 15 is 0 Å². The number of aryl methyl sites for hydroxylation is 2. The molecule has 0 amide bonds. The maximum Gasteiger partial charge on any atom is 0.216 e. The molecule has 32 heavy (non-hydrogen) atoms. The highest BCUT2D eigenvalue weighted by molar-refractivity contribution is 6.12. The first-order chi connectivity index (χ1) is 15.5. The van der Waals surface area contributed by atoms with Gasteiger partial charge in [-0.1, -0.05) is 56.3 Å². The first-order valence-corrected chi connectivity index (χ1v) is 10.9. The molecular weight excluding hydrogens is 392 g/mol. The van der Waals surface area contributed by atoms with E-state index in [9.17, 15) is 5.26 Å². The Morgan fingerprint density at radius 3 is 2.31 bits per heavy atom. The van der Waals surface area contributed by atoms with E-state index in [1.807, 2.05) is 43.6 Å². The molecule has 0 unspecified atom stereocenters. The van der Waals surface area contributed by atoms with Crippen molar-refractivity contribution in [1.82, 2.24) is 0 Å². The van der Waals surface area contributed by atoms with Crippen molar-refractivity contribution in [1.29, 1.82) is 5.26 Å². The lowest BCUT2D eigenvalue weighted by molar-refractivity contribution is -0.660. The van der Waals surface area contributed by atoms with Gasteiger partial charge in [-0.3, -0.25) is 0 Å². The topological polar surface area (TPSA) is 40.8 Å². The van der Waals surface area contributed by atoms with Crippen LogP contribution in [0.2, 0.25) is 0 Å². The number of pyridine rings is 1. The summed E-state index contributed by atoms with van der Waals surface area (Å²) in [5.41, 5.74) is 8.57. The summed E-state index contributed by atoms with van der Waals surface area (Å²) in [7, 11) is 2.04. The Morgan fingerprint density at radius 1 is 0.875 bits per heavy atom. The van der Waals surface area contributed by atoms with Crippen molar-refractivity contribution in [2.45, 2.75) is 26.7 Å². The molecule has 156 valence electrons. The summed E-state index contributed by atoms with van der Waals surface area (Å²) in [4.78, 5) is 0. The third-order valence-electron chi connectivity index (χ3n) is 6.28. The summed E-state index contributed by atoms with van der Waals surface area (Å²) in [5, 5.41) is 12.3. The number of nitrogens with zero attached hydrogens (tertiary/aromatic N) is 2. The molecule has 0 fully saturated rings. The van der Waals surface area contributed by atoms with Gasteiger partial charge in [0.25, 0.3) is 0 Å². The van der Waals surface area contributed by atoms with E-state index < -0.39 is 0 Å². The van der Waals surface area contributed by atoms with Gasteiger partial charge < -0.3 is 4.42 Å². The molecule has 0 spiro atoms. The van der Waals surface area contributed by atoms with E-state index in [1.54, 1.807) is 0 Å². The van der Waals surface area contributed by atoms with Crippen LogP contribution in [0.4, 0.5) is 0 Å². The second kappa shape index (κ2) is 7.66. The van der Waals surface area contributed by atoms with Crippen LogP contribution in [0.25, 0.3) is 44.3 Å². The fourth-order valence-corrected chi connectivity index (χ4v) is 4.67. The summed E-state index contributed by atoms with van der Waals surface area (Å²) < 4.78 is 8.66. The Balaban J connectivity index is 1.95. The minimum Gasteiger partial charge on any atom is -0.454 e. The predicted octanol–water partition coefficient (Wildman–Crippen LogP) is 7.05. The van der Waals surface area contributed by atoms with Crippen molar-refractivity contribution < 1.29 is 8.98 Å². The summed E-state index contributed by atoms with van der Waals surface area (Å²) in [6.07, 6.45) is 2.04. The van der Waals surface area contributed by atoms with Gasteiger partial charge in [-0.25, -0.2) is 4.57 Å². The highest BCUT2D eigenvalue weighted by Crippen LogP contribution is 2.43. The minimum atomic E-state index is 0.267. The van der Waals surface area contributed by atoms with Crippen molar-refractivity contribution in [3.63, 3.8) is 0 Å². The first-order valence-electron chi connectivity index (χ1n) is 10.9. The normalized spacial score (nSPS) is 11.4. The molecule has 3 aromatic carbocycles. The Kier molecular flexibility index (Phi) is 4.79. The fourth-order valence-electron chi connectivity index (χ4n) is 4.67. The highest BCUT2D eigenvalue weighted by atomic mass is 16.3. The zero-order valence-electron chi connectivity index (χ0n) is 18.8. The number of rotatable bonds is 3. The number of fused-ring (bicyclic) bond motifs is 3. The Bertz CT molecular complexity index is 1520. The summed E-state index contributed by atoms with van der Waals surface area (Å²) in [6.45, 7) is 6.46. The van der Waals surface area contributed by atoms with E-state index in [4.69, 9.17) is 4.42 Å². The van der Waals surface area contributed by atoms with Crippen LogP contribution in [0.1, 0.15) is 36.5 Å². The highest BCUT2D eigenvalue weighted by Gasteiger charge is 2.25. The number of benzene rings is 3. The van der Waals surface area contributed by atoms with Crippen molar-refractivity contribution >= 4 is 21.9 Å². The maximum atomic E-state index is 10.3. The molecular formula is C29H25N2O+. The third-order valence-corrected chi connectivity index (χ3v) is 6.28. The molecule has 2 heterocycles. The van der Waals surface area contributed by atoms with Crippen molar-refractivity contribution in [2.75, 3.05) is 0 Å². The standard InChI is InChI=1S/C29H25N2O/c1-18(2)22-16-23-21-14-13-19(3)26(25-12-8-9-15-31(25)4)29(21)32-28(23)24(17-30)27(22)20-10-6-5-7-11-20/h5-16,18H,1-4H3/q+1. The lowest BCUT2D eigenvalue weighted by Crippen LogP contribution is -2.30. The van der Waals surface area contributed by atoms with Crippen LogP contribution < -0.4 is 4.57 Å². The monoisotopic (exact) mass is 417 g/mol. The van der Waals surface area contributed by atoms with Gasteiger partial charge in [-0.05, 0) is 41.7 Å². The minimum absolute atomic E-state index is 0.267. The SMILES string of the molecule is Cc1ccc2c(oc3c(C#N)c(-c4ccccc4)c(C(C)C)cc32)c1-c1cccc[n+]1C. The smallest absolute Gasteiger partial charge is 0.216 e. The van der Waals surface area contributed by atoms with Crippen LogP contribution in [-0.4, -0.2) is 0 Å². The summed E-state index contributed by atoms with van der Waals surface area (Å²) in [6, 6.07) is 25.3. The molecule has 0 radical (unpaired) electrons. The van der Waals surface area contributed by atoms with E-state index in [1.165, 1.54) is 0 Å². The number of furan rings is 1. The summed E-state index contributed by atoms with van der Waals surface area (Å²) >= 11 is 0. The molecule has 0 aliphatic rings. The number of hydrogen-bond acceptors (Lipinski definition) is 2. The number of nitriles is 1. The largest absolute Gasteiger partial charge is 0.454 e. The molecule has 0 N–H and O–H groups in total. The molecule has 0 saturated carbocycles. The molecule has 3 heteroatoms.